The lowest BCUT2D eigenvalue weighted by Gasteiger charge is -2.22. The number of rotatable bonds is 7. The highest BCUT2D eigenvalue weighted by atomic mass is 35.5. The van der Waals surface area contributed by atoms with Gasteiger partial charge in [-0.15, -0.1) is 0 Å². The molecule has 2 atom stereocenters. The van der Waals surface area contributed by atoms with Crippen molar-refractivity contribution in [3.63, 3.8) is 0 Å². The third-order valence-electron chi connectivity index (χ3n) is 4.67. The maximum atomic E-state index is 13.0. The highest BCUT2D eigenvalue weighted by Gasteiger charge is 2.23. The molecule has 0 radical (unpaired) electrons. The van der Waals surface area contributed by atoms with Gasteiger partial charge in [0.2, 0.25) is 5.91 Å². The second kappa shape index (κ2) is 9.89. The maximum absolute atomic E-state index is 13.0. The van der Waals surface area contributed by atoms with Crippen LogP contribution in [0.1, 0.15) is 34.5 Å². The summed E-state index contributed by atoms with van der Waals surface area (Å²) in [5.41, 5.74) is 2.43. The molecule has 0 saturated carbocycles. The van der Waals surface area contributed by atoms with Crippen LogP contribution in [0.4, 0.5) is 0 Å². The van der Waals surface area contributed by atoms with Crippen molar-refractivity contribution in [3.8, 4) is 0 Å². The van der Waals surface area contributed by atoms with Crippen LogP contribution in [0.5, 0.6) is 0 Å². The monoisotopic (exact) mass is 406 g/mol. The predicted molar refractivity (Wildman–Crippen MR) is 116 cm³/mol. The Morgan fingerprint density at radius 2 is 1.41 bits per heavy atom. The number of benzene rings is 3. The van der Waals surface area contributed by atoms with E-state index in [1.165, 1.54) is 0 Å². The van der Waals surface area contributed by atoms with Crippen LogP contribution in [0.2, 0.25) is 5.02 Å². The van der Waals surface area contributed by atoms with Gasteiger partial charge < -0.3 is 10.6 Å². The second-order valence-corrected chi connectivity index (χ2v) is 7.30. The van der Waals surface area contributed by atoms with E-state index in [-0.39, 0.29) is 17.9 Å². The maximum Gasteiger partial charge on any atom is 0.251 e. The first-order valence-corrected chi connectivity index (χ1v) is 9.86. The molecule has 0 aliphatic heterocycles. The summed E-state index contributed by atoms with van der Waals surface area (Å²) in [6, 6.07) is 24.9. The summed E-state index contributed by atoms with van der Waals surface area (Å²) in [5, 5.41) is 6.51. The minimum absolute atomic E-state index is 0.216. The molecule has 4 nitrogen and oxygen atoms in total. The van der Waals surface area contributed by atoms with Gasteiger partial charge >= 0.3 is 0 Å². The molecule has 0 heterocycles. The predicted octanol–water partition coefficient (Wildman–Crippen LogP) is 4.56. The quantitative estimate of drug-likeness (QED) is 0.604. The summed E-state index contributed by atoms with van der Waals surface area (Å²) in [6.07, 6.45) is 0.401. The molecular formula is C24H23ClN2O2. The molecule has 0 aliphatic rings. The van der Waals surface area contributed by atoms with E-state index in [0.717, 1.165) is 11.1 Å². The van der Waals surface area contributed by atoms with Gasteiger partial charge in [-0.3, -0.25) is 9.59 Å². The Bertz CT molecular complexity index is 944. The number of hydrogen-bond acceptors (Lipinski definition) is 2. The van der Waals surface area contributed by atoms with Crippen LogP contribution in [0, 0.1) is 0 Å². The fraction of sp³-hybridized carbons (Fsp3) is 0.167. The fourth-order valence-corrected chi connectivity index (χ4v) is 3.16. The van der Waals surface area contributed by atoms with Crippen molar-refractivity contribution in [1.82, 2.24) is 10.6 Å². The van der Waals surface area contributed by atoms with E-state index in [1.807, 2.05) is 55.5 Å². The summed E-state index contributed by atoms with van der Waals surface area (Å²) in [6.45, 7) is 1.90. The first-order chi connectivity index (χ1) is 14.0. The number of halogens is 1. The molecule has 5 heteroatoms. The molecule has 2 N–H and O–H groups in total. The minimum Gasteiger partial charge on any atom is -0.348 e. The normalized spacial score (nSPS) is 12.6. The zero-order valence-corrected chi connectivity index (χ0v) is 16.9. The number of hydrogen-bond donors (Lipinski definition) is 2. The topological polar surface area (TPSA) is 58.2 Å². The van der Waals surface area contributed by atoms with Crippen molar-refractivity contribution < 1.29 is 9.59 Å². The van der Waals surface area contributed by atoms with Gasteiger partial charge in [0.1, 0.15) is 6.04 Å². The standard InChI is InChI=1S/C24H23ClN2O2/c1-17(19-12-14-21(25)15-13-19)26-24(29)22(16-18-8-4-2-5-9-18)27-23(28)20-10-6-3-7-11-20/h2-15,17,22H,16H2,1H3,(H,26,29)(H,27,28)/t17-,22+/m1/s1. The first-order valence-electron chi connectivity index (χ1n) is 9.48. The Balaban J connectivity index is 1.75. The summed E-state index contributed by atoms with van der Waals surface area (Å²) in [4.78, 5) is 25.7. The number of nitrogens with one attached hydrogen (secondary N) is 2. The van der Waals surface area contributed by atoms with Crippen molar-refractivity contribution >= 4 is 23.4 Å². The Hall–Kier alpha value is -3.11. The lowest BCUT2D eigenvalue weighted by atomic mass is 10.0. The van der Waals surface area contributed by atoms with E-state index in [9.17, 15) is 9.59 Å². The van der Waals surface area contributed by atoms with E-state index in [1.54, 1.807) is 36.4 Å². The summed E-state index contributed by atoms with van der Waals surface area (Å²) in [7, 11) is 0. The van der Waals surface area contributed by atoms with Gasteiger partial charge in [-0.25, -0.2) is 0 Å². The zero-order chi connectivity index (χ0) is 20.6. The molecule has 0 spiro atoms. The Morgan fingerprint density at radius 1 is 0.828 bits per heavy atom. The number of carbonyl (C=O) groups is 2. The molecule has 0 bridgehead atoms. The lowest BCUT2D eigenvalue weighted by Crippen LogP contribution is -2.48. The molecule has 0 fully saturated rings. The molecule has 0 aliphatic carbocycles. The average molecular weight is 407 g/mol. The van der Waals surface area contributed by atoms with E-state index in [4.69, 9.17) is 11.6 Å². The van der Waals surface area contributed by atoms with Crippen LogP contribution >= 0.6 is 11.6 Å². The van der Waals surface area contributed by atoms with Crippen LogP contribution in [0.3, 0.4) is 0 Å². The number of carbonyl (C=O) groups excluding carboxylic acids is 2. The smallest absolute Gasteiger partial charge is 0.251 e. The molecule has 2 amide bonds. The van der Waals surface area contributed by atoms with Crippen molar-refractivity contribution in [2.75, 3.05) is 0 Å². The van der Waals surface area contributed by atoms with E-state index < -0.39 is 6.04 Å². The Morgan fingerprint density at radius 3 is 2.03 bits per heavy atom. The van der Waals surface area contributed by atoms with Gasteiger partial charge in [0, 0.05) is 17.0 Å². The third-order valence-corrected chi connectivity index (χ3v) is 4.92. The van der Waals surface area contributed by atoms with Crippen molar-refractivity contribution in [2.45, 2.75) is 25.4 Å². The van der Waals surface area contributed by atoms with Crippen LogP contribution in [0.25, 0.3) is 0 Å². The second-order valence-electron chi connectivity index (χ2n) is 6.86. The first kappa shape index (κ1) is 20.6. The lowest BCUT2D eigenvalue weighted by molar-refractivity contribution is -0.123. The largest absolute Gasteiger partial charge is 0.348 e. The molecule has 0 aromatic heterocycles. The average Bonchev–Trinajstić information content (AvgIpc) is 2.75. The molecule has 3 aromatic carbocycles. The summed E-state index contributed by atoms with van der Waals surface area (Å²) >= 11 is 5.94. The van der Waals surface area contributed by atoms with Gasteiger partial charge in [-0.2, -0.15) is 0 Å². The van der Waals surface area contributed by atoms with Gasteiger partial charge in [0.15, 0.2) is 0 Å². The highest BCUT2D eigenvalue weighted by molar-refractivity contribution is 6.30. The van der Waals surface area contributed by atoms with Gasteiger partial charge in [0.05, 0.1) is 6.04 Å². The van der Waals surface area contributed by atoms with Crippen molar-refractivity contribution in [3.05, 3.63) is 107 Å². The molecule has 29 heavy (non-hydrogen) atoms. The molecule has 148 valence electrons. The molecule has 0 saturated heterocycles. The highest BCUT2D eigenvalue weighted by Crippen LogP contribution is 2.16. The van der Waals surface area contributed by atoms with Crippen LogP contribution in [-0.4, -0.2) is 17.9 Å². The van der Waals surface area contributed by atoms with Crippen molar-refractivity contribution in [2.24, 2.45) is 0 Å². The van der Waals surface area contributed by atoms with Crippen LogP contribution in [0.15, 0.2) is 84.9 Å². The van der Waals surface area contributed by atoms with E-state index >= 15 is 0 Å². The molecule has 0 unspecified atom stereocenters. The van der Waals surface area contributed by atoms with E-state index in [2.05, 4.69) is 10.6 Å². The van der Waals surface area contributed by atoms with E-state index in [0.29, 0.717) is 17.0 Å². The van der Waals surface area contributed by atoms with Gasteiger partial charge in [0.25, 0.3) is 5.91 Å². The summed E-state index contributed by atoms with van der Waals surface area (Å²) in [5.74, 6) is -0.513. The van der Waals surface area contributed by atoms with Crippen LogP contribution in [-0.2, 0) is 11.2 Å². The van der Waals surface area contributed by atoms with Gasteiger partial charge in [-0.05, 0) is 42.3 Å². The zero-order valence-electron chi connectivity index (χ0n) is 16.1. The summed E-state index contributed by atoms with van der Waals surface area (Å²) < 4.78 is 0. The molecule has 3 aromatic rings. The Kier molecular flexibility index (Phi) is 7.04. The Labute approximate surface area is 175 Å². The third kappa shape index (κ3) is 5.93. The SMILES string of the molecule is C[C@@H](NC(=O)[C@H](Cc1ccccc1)NC(=O)c1ccccc1)c1ccc(Cl)cc1. The molecular weight excluding hydrogens is 384 g/mol. The fourth-order valence-electron chi connectivity index (χ4n) is 3.04. The van der Waals surface area contributed by atoms with Gasteiger partial charge in [-0.1, -0.05) is 72.3 Å². The van der Waals surface area contributed by atoms with Crippen LogP contribution < -0.4 is 10.6 Å². The minimum atomic E-state index is -0.695. The number of amides is 2. The van der Waals surface area contributed by atoms with Crippen molar-refractivity contribution in [1.29, 1.82) is 0 Å². The molecule has 3 rings (SSSR count).